The van der Waals surface area contributed by atoms with Crippen LogP contribution in [-0.4, -0.2) is 4.57 Å². The van der Waals surface area contributed by atoms with E-state index < -0.39 is 0 Å². The lowest BCUT2D eigenvalue weighted by atomic mass is 9.82. The molecule has 0 spiro atoms. The van der Waals surface area contributed by atoms with Crippen LogP contribution < -0.4 is 4.90 Å². The molecule has 228 valence electrons. The van der Waals surface area contributed by atoms with Crippen molar-refractivity contribution in [3.63, 3.8) is 0 Å². The van der Waals surface area contributed by atoms with E-state index in [9.17, 15) is 0 Å². The minimum Gasteiger partial charge on any atom is -0.310 e. The summed E-state index contributed by atoms with van der Waals surface area (Å²) in [5.41, 5.74) is 12.4. The molecule has 0 saturated heterocycles. The van der Waals surface area contributed by atoms with Crippen LogP contribution in [-0.2, 0) is 5.41 Å². The Balaban J connectivity index is 1.16. The van der Waals surface area contributed by atoms with Gasteiger partial charge in [0.1, 0.15) is 0 Å². The van der Waals surface area contributed by atoms with E-state index in [4.69, 9.17) is 0 Å². The molecule has 0 aliphatic heterocycles. The van der Waals surface area contributed by atoms with Crippen LogP contribution in [0.5, 0.6) is 0 Å². The Morgan fingerprint density at radius 3 is 1.79 bits per heavy atom. The molecular weight excluding hydrogens is 601 g/mol. The summed E-state index contributed by atoms with van der Waals surface area (Å²) in [4.78, 5) is 2.43. The molecule has 0 bridgehead atoms. The van der Waals surface area contributed by atoms with Gasteiger partial charge in [0.15, 0.2) is 0 Å². The van der Waals surface area contributed by atoms with Crippen molar-refractivity contribution in [2.24, 2.45) is 0 Å². The number of thiophene rings is 1. The molecule has 0 fully saturated rings. The minimum absolute atomic E-state index is 0.0799. The zero-order chi connectivity index (χ0) is 32.0. The number of aromatic nitrogens is 1. The Morgan fingerprint density at radius 1 is 0.458 bits per heavy atom. The quantitative estimate of drug-likeness (QED) is 0.187. The predicted octanol–water partition coefficient (Wildman–Crippen LogP) is 12.9. The first-order valence-electron chi connectivity index (χ1n) is 16.6. The predicted molar refractivity (Wildman–Crippen MR) is 206 cm³/mol. The number of benzene rings is 7. The maximum atomic E-state index is 2.43. The van der Waals surface area contributed by atoms with E-state index in [0.717, 1.165) is 17.1 Å². The van der Waals surface area contributed by atoms with Crippen molar-refractivity contribution in [3.8, 4) is 16.8 Å². The Hall–Kier alpha value is -5.64. The average molecular weight is 633 g/mol. The zero-order valence-electron chi connectivity index (χ0n) is 26.8. The second-order valence-corrected chi connectivity index (χ2v) is 14.5. The number of rotatable bonds is 4. The van der Waals surface area contributed by atoms with Gasteiger partial charge < -0.3 is 9.47 Å². The largest absolute Gasteiger partial charge is 0.310 e. The van der Waals surface area contributed by atoms with Crippen molar-refractivity contribution in [2.45, 2.75) is 19.3 Å². The lowest BCUT2D eigenvalue weighted by Gasteiger charge is -2.28. The lowest BCUT2D eigenvalue weighted by molar-refractivity contribution is 0.660. The molecule has 0 atom stereocenters. The van der Waals surface area contributed by atoms with Crippen molar-refractivity contribution >= 4 is 70.4 Å². The fourth-order valence-corrected chi connectivity index (χ4v) is 9.22. The highest BCUT2D eigenvalue weighted by molar-refractivity contribution is 7.25. The maximum absolute atomic E-state index is 2.43. The first-order chi connectivity index (χ1) is 23.6. The maximum Gasteiger partial charge on any atom is 0.0541 e. The van der Waals surface area contributed by atoms with Crippen LogP contribution in [0.4, 0.5) is 17.1 Å². The second kappa shape index (κ2) is 10.2. The Bertz CT molecular complexity index is 2650. The number of fused-ring (bicyclic) bond motifs is 9. The van der Waals surface area contributed by atoms with Crippen LogP contribution in [0, 0.1) is 0 Å². The Kier molecular flexibility index (Phi) is 5.82. The summed E-state index contributed by atoms with van der Waals surface area (Å²) in [6.07, 6.45) is 0. The molecule has 1 aliphatic carbocycles. The highest BCUT2D eigenvalue weighted by Gasteiger charge is 2.35. The smallest absolute Gasteiger partial charge is 0.0541 e. The molecule has 2 heterocycles. The summed E-state index contributed by atoms with van der Waals surface area (Å²) in [7, 11) is 0. The van der Waals surface area contributed by atoms with Crippen LogP contribution >= 0.6 is 11.3 Å². The third kappa shape index (κ3) is 3.92. The molecule has 3 heteroatoms. The summed E-state index contributed by atoms with van der Waals surface area (Å²) >= 11 is 1.87. The fourth-order valence-electron chi connectivity index (χ4n) is 8.08. The number of hydrogen-bond acceptors (Lipinski definition) is 2. The van der Waals surface area contributed by atoms with Crippen LogP contribution in [0.3, 0.4) is 0 Å². The fraction of sp³-hybridized carbons (Fsp3) is 0.0667. The zero-order valence-corrected chi connectivity index (χ0v) is 27.6. The van der Waals surface area contributed by atoms with Gasteiger partial charge in [0, 0.05) is 59.1 Å². The first-order valence-corrected chi connectivity index (χ1v) is 17.4. The standard InChI is InChI=1S/C45H32N2S/c1-45(2)39-15-7-3-11-33(39)34-25-23-31(27-40(34)45)46(32-24-26-38-37-14-6-10-18-43(37)48-44(38)28-32)29-19-21-30(22-20-29)47-41-16-8-4-12-35(41)36-13-5-9-17-42(36)47/h3-28H,1-2H3. The molecule has 7 aromatic carbocycles. The van der Waals surface area contributed by atoms with E-state index in [1.807, 2.05) is 11.3 Å². The Labute approximate surface area is 283 Å². The van der Waals surface area contributed by atoms with Gasteiger partial charge in [0.25, 0.3) is 0 Å². The second-order valence-electron chi connectivity index (χ2n) is 13.4. The molecule has 10 rings (SSSR count). The molecule has 48 heavy (non-hydrogen) atoms. The van der Waals surface area contributed by atoms with E-state index in [1.54, 1.807) is 0 Å². The molecule has 2 aromatic heterocycles. The van der Waals surface area contributed by atoms with E-state index in [2.05, 4.69) is 181 Å². The first kappa shape index (κ1) is 27.5. The van der Waals surface area contributed by atoms with E-state index in [0.29, 0.717) is 0 Å². The lowest BCUT2D eigenvalue weighted by Crippen LogP contribution is -2.16. The van der Waals surface area contributed by atoms with Crippen LogP contribution in [0.2, 0.25) is 0 Å². The van der Waals surface area contributed by atoms with Gasteiger partial charge in [-0.2, -0.15) is 0 Å². The summed E-state index contributed by atoms with van der Waals surface area (Å²) < 4.78 is 5.01. The molecule has 0 unspecified atom stereocenters. The molecule has 1 aliphatic rings. The highest BCUT2D eigenvalue weighted by atomic mass is 32.1. The highest BCUT2D eigenvalue weighted by Crippen LogP contribution is 2.51. The number of para-hydroxylation sites is 2. The minimum atomic E-state index is -0.0799. The molecule has 9 aromatic rings. The van der Waals surface area contributed by atoms with Gasteiger partial charge in [-0.05, 0) is 89.0 Å². The molecule has 0 saturated carbocycles. The number of anilines is 3. The SMILES string of the molecule is CC1(C)c2ccccc2-c2ccc(N(c3ccc(-n4c5ccccc5c5ccccc54)cc3)c3ccc4c(c3)sc3ccccc34)cc21. The van der Waals surface area contributed by atoms with E-state index >= 15 is 0 Å². The third-order valence-corrected chi connectivity index (χ3v) is 11.5. The van der Waals surface area contributed by atoms with Crippen molar-refractivity contribution in [1.82, 2.24) is 4.57 Å². The summed E-state index contributed by atoms with van der Waals surface area (Å²) in [6, 6.07) is 58.1. The molecule has 2 nitrogen and oxygen atoms in total. The van der Waals surface area contributed by atoms with Crippen molar-refractivity contribution in [3.05, 3.63) is 169 Å². The van der Waals surface area contributed by atoms with Crippen molar-refractivity contribution in [1.29, 1.82) is 0 Å². The summed E-state index contributed by atoms with van der Waals surface area (Å²) in [6.45, 7) is 4.71. The number of hydrogen-bond donors (Lipinski definition) is 0. The number of nitrogens with zero attached hydrogens (tertiary/aromatic N) is 2. The topological polar surface area (TPSA) is 8.17 Å². The third-order valence-electron chi connectivity index (χ3n) is 10.4. The van der Waals surface area contributed by atoms with Crippen LogP contribution in [0.15, 0.2) is 158 Å². The van der Waals surface area contributed by atoms with Gasteiger partial charge in [0.05, 0.1) is 11.0 Å². The van der Waals surface area contributed by atoms with Crippen molar-refractivity contribution in [2.75, 3.05) is 4.90 Å². The molecular formula is C45H32N2S. The average Bonchev–Trinajstić information content (AvgIpc) is 3.74. The summed E-state index contributed by atoms with van der Waals surface area (Å²) in [5, 5.41) is 5.18. The van der Waals surface area contributed by atoms with Crippen LogP contribution in [0.1, 0.15) is 25.0 Å². The monoisotopic (exact) mass is 632 g/mol. The normalized spacial score (nSPS) is 13.4. The van der Waals surface area contributed by atoms with E-state index in [-0.39, 0.29) is 5.41 Å². The molecule has 0 N–H and O–H groups in total. The molecule has 0 radical (unpaired) electrons. The Morgan fingerprint density at radius 2 is 1.02 bits per heavy atom. The molecule has 0 amide bonds. The van der Waals surface area contributed by atoms with Gasteiger partial charge in [-0.15, -0.1) is 11.3 Å². The van der Waals surface area contributed by atoms with Gasteiger partial charge in [-0.3, -0.25) is 0 Å². The van der Waals surface area contributed by atoms with Gasteiger partial charge in [0.2, 0.25) is 0 Å². The van der Waals surface area contributed by atoms with Crippen molar-refractivity contribution < 1.29 is 0 Å². The van der Waals surface area contributed by atoms with Gasteiger partial charge >= 0.3 is 0 Å². The van der Waals surface area contributed by atoms with Crippen LogP contribution in [0.25, 0.3) is 58.8 Å². The van der Waals surface area contributed by atoms with Gasteiger partial charge in [-0.1, -0.05) is 105 Å². The van der Waals surface area contributed by atoms with Gasteiger partial charge in [-0.25, -0.2) is 0 Å². The summed E-state index contributed by atoms with van der Waals surface area (Å²) in [5.74, 6) is 0. The van der Waals surface area contributed by atoms with E-state index in [1.165, 1.54) is 69.9 Å².